The second-order valence-corrected chi connectivity index (χ2v) is 4.31. The lowest BCUT2D eigenvalue weighted by atomic mass is 10.2. The molecule has 0 unspecified atom stereocenters. The second kappa shape index (κ2) is 6.14. The maximum Gasteiger partial charge on any atom is 0.262 e. The average molecular weight is 277 g/mol. The molecule has 104 valence electrons. The van der Waals surface area contributed by atoms with E-state index in [9.17, 15) is 13.6 Å². The van der Waals surface area contributed by atoms with Gasteiger partial charge in [-0.15, -0.1) is 0 Å². The summed E-state index contributed by atoms with van der Waals surface area (Å²) in [4.78, 5) is 11.6. The van der Waals surface area contributed by atoms with Crippen LogP contribution in [0.15, 0.2) is 42.5 Å². The molecule has 0 atom stereocenters. The van der Waals surface area contributed by atoms with Crippen LogP contribution in [-0.4, -0.2) is 12.5 Å². The van der Waals surface area contributed by atoms with Crippen LogP contribution in [0.4, 0.5) is 14.5 Å². The van der Waals surface area contributed by atoms with Crippen molar-refractivity contribution in [1.29, 1.82) is 0 Å². The van der Waals surface area contributed by atoms with Crippen LogP contribution in [0.3, 0.4) is 0 Å². The summed E-state index contributed by atoms with van der Waals surface area (Å²) in [5.74, 6) is -1.43. The summed E-state index contributed by atoms with van der Waals surface area (Å²) in [7, 11) is 0. The van der Waals surface area contributed by atoms with Crippen molar-refractivity contribution < 1.29 is 18.3 Å². The topological polar surface area (TPSA) is 38.3 Å². The van der Waals surface area contributed by atoms with Crippen LogP contribution in [0.25, 0.3) is 0 Å². The van der Waals surface area contributed by atoms with Gasteiger partial charge in [-0.1, -0.05) is 12.1 Å². The molecule has 0 aromatic heterocycles. The molecule has 3 nitrogen and oxygen atoms in total. The van der Waals surface area contributed by atoms with E-state index in [1.807, 2.05) is 19.1 Å². The molecule has 0 fully saturated rings. The van der Waals surface area contributed by atoms with E-state index in [1.54, 1.807) is 12.1 Å². The maximum atomic E-state index is 13.0. The first-order valence-corrected chi connectivity index (χ1v) is 5.98. The lowest BCUT2D eigenvalue weighted by Gasteiger charge is -2.08. The van der Waals surface area contributed by atoms with Crippen molar-refractivity contribution >= 4 is 11.6 Å². The van der Waals surface area contributed by atoms with Gasteiger partial charge in [0.1, 0.15) is 17.4 Å². The molecule has 20 heavy (non-hydrogen) atoms. The Morgan fingerprint density at radius 1 is 1.15 bits per heavy atom. The first-order chi connectivity index (χ1) is 9.52. The van der Waals surface area contributed by atoms with Crippen LogP contribution in [-0.2, 0) is 4.79 Å². The fraction of sp³-hybridized carbons (Fsp3) is 0.133. The van der Waals surface area contributed by atoms with Gasteiger partial charge in [-0.05, 0) is 36.8 Å². The number of hydrogen-bond donors (Lipinski definition) is 1. The molecule has 0 heterocycles. The third-order valence-electron chi connectivity index (χ3n) is 2.51. The Bertz CT molecular complexity index is 609. The van der Waals surface area contributed by atoms with Gasteiger partial charge in [0.2, 0.25) is 0 Å². The molecule has 0 saturated carbocycles. The predicted molar refractivity (Wildman–Crippen MR) is 71.7 cm³/mol. The van der Waals surface area contributed by atoms with E-state index in [1.165, 1.54) is 0 Å². The minimum atomic E-state index is -0.750. The van der Waals surface area contributed by atoms with E-state index in [-0.39, 0.29) is 12.3 Å². The summed E-state index contributed by atoms with van der Waals surface area (Å²) in [6.45, 7) is 1.67. The first-order valence-electron chi connectivity index (χ1n) is 5.98. The van der Waals surface area contributed by atoms with Crippen molar-refractivity contribution in [2.75, 3.05) is 11.9 Å². The van der Waals surface area contributed by atoms with Gasteiger partial charge >= 0.3 is 0 Å². The van der Waals surface area contributed by atoms with E-state index < -0.39 is 17.5 Å². The molecule has 0 aliphatic carbocycles. The molecule has 2 aromatic rings. The number of carbonyl (C=O) groups is 1. The average Bonchev–Trinajstić information content (AvgIpc) is 2.35. The van der Waals surface area contributed by atoms with Gasteiger partial charge in [-0.3, -0.25) is 4.79 Å². The minimum Gasteiger partial charge on any atom is -0.484 e. The van der Waals surface area contributed by atoms with Crippen LogP contribution in [0, 0.1) is 18.6 Å². The van der Waals surface area contributed by atoms with E-state index in [4.69, 9.17) is 4.74 Å². The van der Waals surface area contributed by atoms with Gasteiger partial charge < -0.3 is 10.1 Å². The Labute approximate surface area is 115 Å². The van der Waals surface area contributed by atoms with Crippen molar-refractivity contribution in [2.24, 2.45) is 0 Å². The van der Waals surface area contributed by atoms with E-state index in [0.29, 0.717) is 5.75 Å². The Kier molecular flexibility index (Phi) is 4.30. The normalized spacial score (nSPS) is 10.2. The lowest BCUT2D eigenvalue weighted by Crippen LogP contribution is -2.20. The number of anilines is 1. The van der Waals surface area contributed by atoms with Crippen LogP contribution in [0.5, 0.6) is 5.75 Å². The number of benzene rings is 2. The van der Waals surface area contributed by atoms with Crippen molar-refractivity contribution in [3.05, 3.63) is 59.7 Å². The number of rotatable bonds is 4. The van der Waals surface area contributed by atoms with Gasteiger partial charge in [-0.2, -0.15) is 0 Å². The number of halogens is 2. The molecule has 2 rings (SSSR count). The second-order valence-electron chi connectivity index (χ2n) is 4.31. The molecule has 1 amide bonds. The Hall–Kier alpha value is -2.43. The summed E-state index contributed by atoms with van der Waals surface area (Å²) in [6.07, 6.45) is 0. The Morgan fingerprint density at radius 3 is 2.50 bits per heavy atom. The molecule has 5 heteroatoms. The van der Waals surface area contributed by atoms with E-state index in [2.05, 4.69) is 5.32 Å². The Balaban J connectivity index is 1.92. The quantitative estimate of drug-likeness (QED) is 0.931. The van der Waals surface area contributed by atoms with Gasteiger partial charge in [0.15, 0.2) is 6.61 Å². The number of aryl methyl sites for hydroxylation is 1. The highest BCUT2D eigenvalue weighted by Crippen LogP contribution is 2.14. The van der Waals surface area contributed by atoms with Crippen molar-refractivity contribution in [3.8, 4) is 5.75 Å². The predicted octanol–water partition coefficient (Wildman–Crippen LogP) is 3.29. The van der Waals surface area contributed by atoms with E-state index in [0.717, 1.165) is 23.8 Å². The van der Waals surface area contributed by atoms with Crippen molar-refractivity contribution in [1.82, 2.24) is 0 Å². The van der Waals surface area contributed by atoms with Crippen molar-refractivity contribution in [3.63, 3.8) is 0 Å². The van der Waals surface area contributed by atoms with Crippen LogP contribution < -0.4 is 10.1 Å². The largest absolute Gasteiger partial charge is 0.484 e. The highest BCUT2D eigenvalue weighted by Gasteiger charge is 2.06. The zero-order chi connectivity index (χ0) is 14.5. The van der Waals surface area contributed by atoms with Crippen LogP contribution >= 0.6 is 0 Å². The fourth-order valence-electron chi connectivity index (χ4n) is 1.68. The number of hydrogen-bond acceptors (Lipinski definition) is 2. The standard InChI is InChI=1S/C15H13F2NO2/c1-10-3-2-4-14(5-10)20-9-15(19)18-13-7-11(16)6-12(17)8-13/h2-8H,9H2,1H3,(H,18,19). The molecule has 1 N–H and O–H groups in total. The summed E-state index contributed by atoms with van der Waals surface area (Å²) in [6, 6.07) is 10.0. The molecule has 0 aliphatic rings. The third-order valence-corrected chi connectivity index (χ3v) is 2.51. The molecule has 2 aromatic carbocycles. The molecule has 0 bridgehead atoms. The number of ether oxygens (including phenoxy) is 1. The molecule has 0 radical (unpaired) electrons. The van der Waals surface area contributed by atoms with Gasteiger partial charge in [-0.25, -0.2) is 8.78 Å². The highest BCUT2D eigenvalue weighted by molar-refractivity contribution is 5.91. The molecular formula is C15H13F2NO2. The van der Waals surface area contributed by atoms with E-state index >= 15 is 0 Å². The summed E-state index contributed by atoms with van der Waals surface area (Å²) >= 11 is 0. The van der Waals surface area contributed by atoms with Crippen LogP contribution in [0.1, 0.15) is 5.56 Å². The molecular weight excluding hydrogens is 264 g/mol. The van der Waals surface area contributed by atoms with Gasteiger partial charge in [0.25, 0.3) is 5.91 Å². The molecule has 0 aliphatic heterocycles. The highest BCUT2D eigenvalue weighted by atomic mass is 19.1. The van der Waals surface area contributed by atoms with Gasteiger partial charge in [0, 0.05) is 11.8 Å². The SMILES string of the molecule is Cc1cccc(OCC(=O)Nc2cc(F)cc(F)c2)c1. The zero-order valence-electron chi connectivity index (χ0n) is 10.8. The maximum absolute atomic E-state index is 13.0. The molecule has 0 saturated heterocycles. The Morgan fingerprint density at radius 2 is 1.85 bits per heavy atom. The van der Waals surface area contributed by atoms with Crippen molar-refractivity contribution in [2.45, 2.75) is 6.92 Å². The zero-order valence-corrected chi connectivity index (χ0v) is 10.8. The number of nitrogens with one attached hydrogen (secondary N) is 1. The minimum absolute atomic E-state index is 0.0559. The lowest BCUT2D eigenvalue weighted by molar-refractivity contribution is -0.118. The number of amides is 1. The molecule has 0 spiro atoms. The van der Waals surface area contributed by atoms with Gasteiger partial charge in [0.05, 0.1) is 0 Å². The summed E-state index contributed by atoms with van der Waals surface area (Å²) in [5, 5.41) is 2.36. The smallest absolute Gasteiger partial charge is 0.262 e. The monoisotopic (exact) mass is 277 g/mol. The third kappa shape index (κ3) is 4.05. The summed E-state index contributed by atoms with van der Waals surface area (Å²) in [5.41, 5.74) is 1.07. The fourth-order valence-corrected chi connectivity index (χ4v) is 1.68. The van der Waals surface area contributed by atoms with Crippen LogP contribution in [0.2, 0.25) is 0 Å². The summed E-state index contributed by atoms with van der Waals surface area (Å²) < 4.78 is 31.2. The number of carbonyl (C=O) groups excluding carboxylic acids is 1. The first kappa shape index (κ1) is 14.0.